The summed E-state index contributed by atoms with van der Waals surface area (Å²) in [5.41, 5.74) is 1.91. The van der Waals surface area contributed by atoms with E-state index >= 15 is 0 Å². The molecule has 1 aliphatic rings. The summed E-state index contributed by atoms with van der Waals surface area (Å²) in [6, 6.07) is 3.48. The number of benzene rings is 1. The Morgan fingerprint density at radius 2 is 2.10 bits per heavy atom. The average Bonchev–Trinajstić information content (AvgIpc) is 3.25. The molecule has 0 amide bonds. The Hall–Kier alpha value is -1.71. The van der Waals surface area contributed by atoms with Crippen LogP contribution in [0.3, 0.4) is 0 Å². The summed E-state index contributed by atoms with van der Waals surface area (Å²) in [6.45, 7) is 2.41. The molecule has 0 radical (unpaired) electrons. The quantitative estimate of drug-likeness (QED) is 0.396. The highest BCUT2D eigenvalue weighted by molar-refractivity contribution is 7.89. The maximum Gasteiger partial charge on any atom is 0.293 e. The number of rotatable bonds is 7. The highest BCUT2D eigenvalue weighted by Crippen LogP contribution is 2.48. The Morgan fingerprint density at radius 1 is 1.43 bits per heavy atom. The molecule has 0 heterocycles. The van der Waals surface area contributed by atoms with Gasteiger partial charge in [0, 0.05) is 12.6 Å². The van der Waals surface area contributed by atoms with Crippen molar-refractivity contribution in [1.82, 2.24) is 4.72 Å². The summed E-state index contributed by atoms with van der Waals surface area (Å²) in [4.78, 5) is 10.1. The van der Waals surface area contributed by atoms with Crippen LogP contribution in [0.2, 0.25) is 0 Å². The first-order valence-electron chi connectivity index (χ1n) is 6.58. The van der Waals surface area contributed by atoms with E-state index < -0.39 is 14.9 Å². The number of anilines is 1. The molecule has 116 valence electrons. The van der Waals surface area contributed by atoms with Crippen LogP contribution < -0.4 is 16.0 Å². The molecule has 0 aliphatic heterocycles. The van der Waals surface area contributed by atoms with E-state index in [0.29, 0.717) is 6.54 Å². The molecular weight excluding hydrogens is 296 g/mol. The van der Waals surface area contributed by atoms with Crippen molar-refractivity contribution in [3.63, 3.8) is 0 Å². The van der Waals surface area contributed by atoms with Crippen LogP contribution in [0.1, 0.15) is 26.2 Å². The monoisotopic (exact) mass is 314 g/mol. The predicted octanol–water partition coefficient (Wildman–Crippen LogP) is 1.35. The Balaban J connectivity index is 2.22. The Morgan fingerprint density at radius 3 is 2.57 bits per heavy atom. The summed E-state index contributed by atoms with van der Waals surface area (Å²) in [5, 5.41) is 10.8. The largest absolute Gasteiger partial charge is 0.318 e. The van der Waals surface area contributed by atoms with E-state index in [4.69, 9.17) is 5.84 Å². The van der Waals surface area contributed by atoms with Crippen LogP contribution in [-0.4, -0.2) is 19.9 Å². The normalized spacial score (nSPS) is 16.5. The van der Waals surface area contributed by atoms with Crippen LogP contribution in [0.25, 0.3) is 0 Å². The van der Waals surface area contributed by atoms with E-state index in [1.54, 1.807) is 0 Å². The van der Waals surface area contributed by atoms with E-state index in [-0.39, 0.29) is 21.7 Å². The molecule has 9 heteroatoms. The van der Waals surface area contributed by atoms with E-state index in [1.165, 1.54) is 6.07 Å². The number of nitrogens with two attached hydrogens (primary N) is 1. The summed E-state index contributed by atoms with van der Waals surface area (Å²) in [7, 11) is -3.71. The van der Waals surface area contributed by atoms with Gasteiger partial charge in [-0.15, -0.1) is 0 Å². The molecule has 0 atom stereocenters. The summed E-state index contributed by atoms with van der Waals surface area (Å²) < 4.78 is 27.0. The van der Waals surface area contributed by atoms with Crippen LogP contribution in [0.5, 0.6) is 0 Å². The van der Waals surface area contributed by atoms with Crippen LogP contribution >= 0.6 is 0 Å². The first kappa shape index (κ1) is 15.7. The van der Waals surface area contributed by atoms with Crippen molar-refractivity contribution in [3.8, 4) is 0 Å². The molecule has 0 unspecified atom stereocenters. The Labute approximate surface area is 122 Å². The van der Waals surface area contributed by atoms with Crippen LogP contribution in [0, 0.1) is 15.5 Å². The van der Waals surface area contributed by atoms with Crippen molar-refractivity contribution in [2.24, 2.45) is 11.3 Å². The van der Waals surface area contributed by atoms with Crippen LogP contribution in [-0.2, 0) is 10.0 Å². The fourth-order valence-corrected chi connectivity index (χ4v) is 3.30. The lowest BCUT2D eigenvalue weighted by molar-refractivity contribution is -0.384. The second kappa shape index (κ2) is 5.58. The lowest BCUT2D eigenvalue weighted by Gasteiger charge is -2.14. The zero-order valence-corrected chi connectivity index (χ0v) is 12.4. The van der Waals surface area contributed by atoms with E-state index in [2.05, 4.69) is 10.1 Å². The van der Waals surface area contributed by atoms with Gasteiger partial charge in [0.15, 0.2) is 0 Å². The molecule has 1 aliphatic carbocycles. The number of nitrogen functional groups attached to an aromatic ring is 1. The van der Waals surface area contributed by atoms with Gasteiger partial charge in [0.25, 0.3) is 5.69 Å². The fourth-order valence-electron chi connectivity index (χ4n) is 2.12. The molecule has 1 aromatic carbocycles. The Kier molecular flexibility index (Phi) is 4.17. The van der Waals surface area contributed by atoms with Crippen molar-refractivity contribution in [1.29, 1.82) is 0 Å². The van der Waals surface area contributed by atoms with Crippen molar-refractivity contribution < 1.29 is 13.3 Å². The summed E-state index contributed by atoms with van der Waals surface area (Å²) >= 11 is 0. The van der Waals surface area contributed by atoms with E-state index in [0.717, 1.165) is 31.4 Å². The van der Waals surface area contributed by atoms with Crippen molar-refractivity contribution in [3.05, 3.63) is 28.3 Å². The molecule has 0 saturated heterocycles. The van der Waals surface area contributed by atoms with Gasteiger partial charge in [-0.2, -0.15) is 0 Å². The van der Waals surface area contributed by atoms with Crippen molar-refractivity contribution in [2.45, 2.75) is 31.1 Å². The van der Waals surface area contributed by atoms with Gasteiger partial charge in [-0.05, 0) is 36.8 Å². The van der Waals surface area contributed by atoms with E-state index in [1.807, 2.05) is 6.92 Å². The summed E-state index contributed by atoms with van der Waals surface area (Å²) in [5.74, 6) is 5.21. The molecule has 1 saturated carbocycles. The van der Waals surface area contributed by atoms with Crippen LogP contribution in [0.4, 0.5) is 11.4 Å². The molecule has 21 heavy (non-hydrogen) atoms. The van der Waals surface area contributed by atoms with Crippen LogP contribution in [0.15, 0.2) is 23.1 Å². The Bertz CT molecular complexity index is 655. The van der Waals surface area contributed by atoms with E-state index in [9.17, 15) is 18.5 Å². The number of nitrogens with one attached hydrogen (secondary N) is 2. The number of nitro groups is 1. The predicted molar refractivity (Wildman–Crippen MR) is 78.1 cm³/mol. The van der Waals surface area contributed by atoms with Gasteiger partial charge in [0.2, 0.25) is 10.0 Å². The van der Waals surface area contributed by atoms with Gasteiger partial charge in [-0.1, -0.05) is 6.92 Å². The maximum atomic E-state index is 12.2. The van der Waals surface area contributed by atoms with Gasteiger partial charge in [-0.3, -0.25) is 16.0 Å². The molecule has 2 rings (SSSR count). The molecule has 0 aromatic heterocycles. The topological polar surface area (TPSA) is 127 Å². The third-order valence-electron chi connectivity index (χ3n) is 3.97. The molecule has 1 fully saturated rings. The fraction of sp³-hybridized carbons (Fsp3) is 0.500. The maximum absolute atomic E-state index is 12.2. The SMILES string of the molecule is CCC1(CNS(=O)(=O)c2ccc([N+](=O)[O-])c(NN)c2)CC1. The number of nitrogens with zero attached hydrogens (tertiary/aromatic N) is 1. The smallest absolute Gasteiger partial charge is 0.293 e. The minimum atomic E-state index is -3.71. The standard InChI is InChI=1S/C12H18N4O4S/c1-2-12(5-6-12)8-14-21(19,20)9-3-4-11(16(17)18)10(7-9)15-13/h3-4,7,14-15H,2,5-6,8,13H2,1H3. The molecule has 1 aromatic rings. The third-order valence-corrected chi connectivity index (χ3v) is 5.37. The number of sulfonamides is 1. The first-order valence-corrected chi connectivity index (χ1v) is 8.07. The van der Waals surface area contributed by atoms with Crippen molar-refractivity contribution in [2.75, 3.05) is 12.0 Å². The second-order valence-electron chi connectivity index (χ2n) is 5.26. The van der Waals surface area contributed by atoms with Crippen molar-refractivity contribution >= 4 is 21.4 Å². The zero-order chi connectivity index (χ0) is 15.7. The van der Waals surface area contributed by atoms with Gasteiger partial charge < -0.3 is 5.43 Å². The second-order valence-corrected chi connectivity index (χ2v) is 7.03. The first-order chi connectivity index (χ1) is 9.83. The van der Waals surface area contributed by atoms with Gasteiger partial charge in [0.05, 0.1) is 9.82 Å². The van der Waals surface area contributed by atoms with Gasteiger partial charge in [0.1, 0.15) is 5.69 Å². The minimum absolute atomic E-state index is 0.0421. The molecule has 0 spiro atoms. The highest BCUT2D eigenvalue weighted by atomic mass is 32.2. The molecular formula is C12H18N4O4S. The summed E-state index contributed by atoms with van der Waals surface area (Å²) in [6.07, 6.45) is 2.95. The van der Waals surface area contributed by atoms with Gasteiger partial charge in [-0.25, -0.2) is 13.1 Å². The minimum Gasteiger partial charge on any atom is -0.318 e. The molecule has 0 bridgehead atoms. The molecule has 4 N–H and O–H groups in total. The van der Waals surface area contributed by atoms with Gasteiger partial charge >= 0.3 is 0 Å². The molecule has 8 nitrogen and oxygen atoms in total. The highest BCUT2D eigenvalue weighted by Gasteiger charge is 2.41. The number of nitro benzene ring substituents is 1. The lowest BCUT2D eigenvalue weighted by atomic mass is 10.1. The zero-order valence-electron chi connectivity index (χ0n) is 11.6. The lowest BCUT2D eigenvalue weighted by Crippen LogP contribution is -2.30. The number of hydrazine groups is 1. The number of hydrogen-bond donors (Lipinski definition) is 3. The third kappa shape index (κ3) is 3.31. The average molecular weight is 314 g/mol. The number of hydrogen-bond acceptors (Lipinski definition) is 6.